The fraction of sp³-hybridized carbons (Fsp3) is 0.360. The lowest BCUT2D eigenvalue weighted by Crippen LogP contribution is -2.47. The minimum atomic E-state index is -0.605. The summed E-state index contributed by atoms with van der Waals surface area (Å²) in [5, 5.41) is 17.1. The van der Waals surface area contributed by atoms with Crippen molar-refractivity contribution in [3.05, 3.63) is 59.2 Å². The molecule has 1 aromatic carbocycles. The third-order valence-electron chi connectivity index (χ3n) is 6.54. The van der Waals surface area contributed by atoms with Gasteiger partial charge >= 0.3 is 0 Å². The summed E-state index contributed by atoms with van der Waals surface area (Å²) in [6.45, 7) is 4.51. The molecule has 0 unspecified atom stereocenters. The van der Waals surface area contributed by atoms with Gasteiger partial charge in [-0.2, -0.15) is 0 Å². The first kappa shape index (κ1) is 23.0. The molecule has 0 aliphatic carbocycles. The number of pyridine rings is 2. The van der Waals surface area contributed by atoms with E-state index >= 15 is 0 Å². The molecule has 1 saturated heterocycles. The molecule has 3 aliphatic rings. The maximum absolute atomic E-state index is 13.9. The van der Waals surface area contributed by atoms with Crippen molar-refractivity contribution in [1.29, 1.82) is 0 Å². The van der Waals surface area contributed by atoms with Gasteiger partial charge < -0.3 is 20.6 Å². The zero-order valence-corrected chi connectivity index (χ0v) is 19.3. The molecule has 0 atom stereocenters. The van der Waals surface area contributed by atoms with Gasteiger partial charge in [0.1, 0.15) is 17.2 Å². The summed E-state index contributed by atoms with van der Waals surface area (Å²) in [7, 11) is 0. The van der Waals surface area contributed by atoms with Crippen LogP contribution in [-0.2, 0) is 6.54 Å². The molecular formula is C25H27FN6O3. The minimum absolute atomic E-state index is 0.0305. The Morgan fingerprint density at radius 1 is 0.971 bits per heavy atom. The van der Waals surface area contributed by atoms with Crippen molar-refractivity contribution in [3.63, 3.8) is 0 Å². The Balaban J connectivity index is 1.53. The number of aromatic nitrogens is 2. The van der Waals surface area contributed by atoms with Crippen LogP contribution in [0, 0.1) is 5.82 Å². The molecule has 35 heavy (non-hydrogen) atoms. The standard InChI is InChI=1S/C25H27FN6O3/c26-17-6-5-16-15-29-25(35)21-22(33)20-18(4-3-8-27-20)23(30-21)32-12-10-31(11-13-32)9-2-1-7-28-24(34)19(16)14-17/h3-6,8,14,33H,1-2,7,9-13,15H2,(H,28,34)(H,29,35). The smallest absolute Gasteiger partial charge is 0.274 e. The molecule has 2 amide bonds. The molecule has 2 aromatic heterocycles. The van der Waals surface area contributed by atoms with Crippen LogP contribution in [0.3, 0.4) is 0 Å². The van der Waals surface area contributed by atoms with Crippen molar-refractivity contribution in [1.82, 2.24) is 25.5 Å². The number of fused-ring (bicyclic) bond motifs is 10. The highest BCUT2D eigenvalue weighted by molar-refractivity contribution is 6.04. The van der Waals surface area contributed by atoms with Crippen LogP contribution in [0.25, 0.3) is 10.9 Å². The molecule has 0 spiro atoms. The largest absolute Gasteiger partial charge is 0.504 e. The second kappa shape index (κ2) is 9.83. The molecule has 4 bridgehead atoms. The number of carbonyl (C=O) groups is 2. The number of hydrogen-bond acceptors (Lipinski definition) is 7. The fourth-order valence-corrected chi connectivity index (χ4v) is 4.62. The first-order valence-corrected chi connectivity index (χ1v) is 11.8. The number of nitrogens with zero attached hydrogens (tertiary/aromatic N) is 4. The normalized spacial score (nSPS) is 17.9. The van der Waals surface area contributed by atoms with Gasteiger partial charge in [0.15, 0.2) is 11.4 Å². The zero-order valence-electron chi connectivity index (χ0n) is 19.3. The predicted molar refractivity (Wildman–Crippen MR) is 129 cm³/mol. The summed E-state index contributed by atoms with van der Waals surface area (Å²) in [6.07, 6.45) is 3.31. The molecule has 10 heteroatoms. The highest BCUT2D eigenvalue weighted by atomic mass is 19.1. The Labute approximate surface area is 202 Å². The summed E-state index contributed by atoms with van der Waals surface area (Å²) in [5.41, 5.74) is 0.800. The molecule has 3 aliphatic heterocycles. The quantitative estimate of drug-likeness (QED) is 0.454. The second-order valence-corrected chi connectivity index (χ2v) is 8.81. The van der Waals surface area contributed by atoms with Crippen molar-refractivity contribution in [2.45, 2.75) is 19.4 Å². The number of benzene rings is 1. The fourth-order valence-electron chi connectivity index (χ4n) is 4.62. The SMILES string of the molecule is O=C1NCCCCN2CCN(CC2)c2nc(c(O)c3ncccc23)C(=O)NCc2ccc(F)cc21. The van der Waals surface area contributed by atoms with Gasteiger partial charge in [0.25, 0.3) is 11.8 Å². The summed E-state index contributed by atoms with van der Waals surface area (Å²) in [4.78, 5) is 39.2. The topological polar surface area (TPSA) is 111 Å². The van der Waals surface area contributed by atoms with Crippen molar-refractivity contribution in [2.24, 2.45) is 0 Å². The first-order valence-electron chi connectivity index (χ1n) is 11.8. The van der Waals surface area contributed by atoms with Crippen molar-refractivity contribution < 1.29 is 19.1 Å². The van der Waals surface area contributed by atoms with Crippen LogP contribution in [0.2, 0.25) is 0 Å². The van der Waals surface area contributed by atoms with E-state index in [4.69, 9.17) is 0 Å². The Bertz CT molecular complexity index is 1280. The van der Waals surface area contributed by atoms with Gasteiger partial charge in [0.05, 0.1) is 0 Å². The van der Waals surface area contributed by atoms with Crippen molar-refractivity contribution in [3.8, 4) is 5.75 Å². The molecule has 1 fully saturated rings. The van der Waals surface area contributed by atoms with Crippen LogP contribution in [0.4, 0.5) is 10.2 Å². The van der Waals surface area contributed by atoms with Gasteiger partial charge in [-0.25, -0.2) is 9.37 Å². The first-order chi connectivity index (χ1) is 17.0. The van der Waals surface area contributed by atoms with E-state index in [9.17, 15) is 19.1 Å². The molecule has 0 radical (unpaired) electrons. The van der Waals surface area contributed by atoms with E-state index < -0.39 is 11.7 Å². The van der Waals surface area contributed by atoms with Gasteiger partial charge in [-0.1, -0.05) is 6.07 Å². The number of halogens is 1. The number of rotatable bonds is 0. The molecular weight excluding hydrogens is 451 g/mol. The van der Waals surface area contributed by atoms with Crippen LogP contribution in [-0.4, -0.2) is 71.1 Å². The Kier molecular flexibility index (Phi) is 6.45. The predicted octanol–water partition coefficient (Wildman–Crippen LogP) is 2.05. The Morgan fingerprint density at radius 2 is 1.80 bits per heavy atom. The van der Waals surface area contributed by atoms with E-state index in [-0.39, 0.29) is 29.5 Å². The molecule has 182 valence electrons. The number of carbonyl (C=O) groups excluding carboxylic acids is 2. The van der Waals surface area contributed by atoms with Gasteiger partial charge in [0, 0.05) is 56.4 Å². The number of hydrogen-bond donors (Lipinski definition) is 3. The number of piperazine rings is 1. The highest BCUT2D eigenvalue weighted by Crippen LogP contribution is 2.33. The average Bonchev–Trinajstić information content (AvgIpc) is 2.88. The van der Waals surface area contributed by atoms with E-state index in [0.717, 1.165) is 45.6 Å². The van der Waals surface area contributed by atoms with Gasteiger partial charge in [0.2, 0.25) is 0 Å². The monoisotopic (exact) mass is 478 g/mol. The Hall–Kier alpha value is -3.79. The third-order valence-corrected chi connectivity index (χ3v) is 6.54. The zero-order chi connectivity index (χ0) is 24.4. The van der Waals surface area contributed by atoms with Crippen LogP contribution < -0.4 is 15.5 Å². The van der Waals surface area contributed by atoms with Gasteiger partial charge in [-0.3, -0.25) is 19.5 Å². The van der Waals surface area contributed by atoms with E-state index in [2.05, 4.69) is 30.4 Å². The van der Waals surface area contributed by atoms with E-state index in [1.54, 1.807) is 12.3 Å². The third kappa shape index (κ3) is 4.74. The summed E-state index contributed by atoms with van der Waals surface area (Å²) < 4.78 is 13.9. The number of amides is 2. The van der Waals surface area contributed by atoms with Crippen molar-refractivity contribution in [2.75, 3.05) is 44.2 Å². The number of aromatic hydroxyl groups is 1. The van der Waals surface area contributed by atoms with Crippen LogP contribution in [0.5, 0.6) is 5.75 Å². The number of anilines is 1. The second-order valence-electron chi connectivity index (χ2n) is 8.81. The van der Waals surface area contributed by atoms with E-state index in [1.165, 1.54) is 18.2 Å². The Morgan fingerprint density at radius 3 is 2.63 bits per heavy atom. The lowest BCUT2D eigenvalue weighted by molar-refractivity contribution is 0.0930. The maximum atomic E-state index is 13.9. The summed E-state index contributed by atoms with van der Waals surface area (Å²) >= 11 is 0. The lowest BCUT2D eigenvalue weighted by atomic mass is 10.1. The van der Waals surface area contributed by atoms with E-state index in [0.29, 0.717) is 28.8 Å². The van der Waals surface area contributed by atoms with E-state index in [1.807, 2.05) is 6.07 Å². The summed E-state index contributed by atoms with van der Waals surface area (Å²) in [6, 6.07) is 7.51. The number of nitrogens with one attached hydrogen (secondary N) is 2. The molecule has 3 aromatic rings. The summed E-state index contributed by atoms with van der Waals surface area (Å²) in [5.74, 6) is -1.21. The van der Waals surface area contributed by atoms with Gasteiger partial charge in [-0.15, -0.1) is 0 Å². The lowest BCUT2D eigenvalue weighted by Gasteiger charge is -2.36. The van der Waals surface area contributed by atoms with Crippen LogP contribution in [0.1, 0.15) is 39.3 Å². The average molecular weight is 479 g/mol. The minimum Gasteiger partial charge on any atom is -0.504 e. The molecule has 0 saturated carbocycles. The maximum Gasteiger partial charge on any atom is 0.274 e. The molecule has 9 nitrogen and oxygen atoms in total. The molecule has 6 rings (SSSR count). The molecule has 3 N–H and O–H groups in total. The van der Waals surface area contributed by atoms with Crippen LogP contribution >= 0.6 is 0 Å². The van der Waals surface area contributed by atoms with Crippen LogP contribution in [0.15, 0.2) is 36.5 Å². The highest BCUT2D eigenvalue weighted by Gasteiger charge is 2.25. The van der Waals surface area contributed by atoms with Gasteiger partial charge in [-0.05, 0) is 49.2 Å². The van der Waals surface area contributed by atoms with Crippen molar-refractivity contribution >= 4 is 28.5 Å². The molecule has 5 heterocycles.